The topological polar surface area (TPSA) is 107 Å². The molecule has 0 saturated carbocycles. The van der Waals surface area contributed by atoms with Gasteiger partial charge in [0.05, 0.1) is 42.7 Å². The van der Waals surface area contributed by atoms with Crippen LogP contribution in [-0.4, -0.2) is 38.8 Å². The van der Waals surface area contributed by atoms with E-state index in [1.54, 1.807) is 24.0 Å². The van der Waals surface area contributed by atoms with Gasteiger partial charge in [-0.1, -0.05) is 11.6 Å². The lowest BCUT2D eigenvalue weighted by atomic mass is 10.0. The van der Waals surface area contributed by atoms with Gasteiger partial charge >= 0.3 is 5.69 Å². The standard InChI is InChI=1S/C24H20ClFN6O3S/c1-12-21-16(29-30(12)2)10-28-11-18(21)32-23(33)22-17(31(24(32)34)6-4-5-27)9-20(36-22)13-7-19(35-3)15(26)8-14(13)25/h7-10,18H,4,6,11H2,1-3H3/t18-/m0/s1. The van der Waals surface area contributed by atoms with Crippen molar-refractivity contribution in [3.63, 3.8) is 0 Å². The van der Waals surface area contributed by atoms with Gasteiger partial charge in [-0.2, -0.15) is 10.4 Å². The SMILES string of the molecule is COc1cc(-c2cc3c(s2)c(=O)n([C@H]2CN=Cc4nn(C)c(C)c42)c(=O)n3CCC#N)c(Cl)cc1F. The van der Waals surface area contributed by atoms with Crippen LogP contribution in [0.2, 0.25) is 5.02 Å². The molecule has 0 bridgehead atoms. The highest BCUT2D eigenvalue weighted by Crippen LogP contribution is 2.39. The van der Waals surface area contributed by atoms with Crippen LogP contribution < -0.4 is 16.0 Å². The molecule has 0 radical (unpaired) electrons. The third kappa shape index (κ3) is 3.65. The summed E-state index contributed by atoms with van der Waals surface area (Å²) in [5.74, 6) is -0.605. The van der Waals surface area contributed by atoms with Crippen molar-refractivity contribution in [3.05, 3.63) is 66.8 Å². The number of ether oxygens (including phenoxy) is 1. The van der Waals surface area contributed by atoms with Crippen molar-refractivity contribution in [2.75, 3.05) is 13.7 Å². The van der Waals surface area contributed by atoms with Crippen molar-refractivity contribution >= 4 is 39.4 Å². The highest BCUT2D eigenvalue weighted by atomic mass is 35.5. The first kappa shape index (κ1) is 24.0. The molecule has 0 unspecified atom stereocenters. The van der Waals surface area contributed by atoms with Crippen LogP contribution in [0.15, 0.2) is 32.8 Å². The molecule has 0 N–H and O–H groups in total. The van der Waals surface area contributed by atoms with Crippen LogP contribution in [0.3, 0.4) is 0 Å². The zero-order valence-electron chi connectivity index (χ0n) is 19.6. The number of methoxy groups -OCH3 is 1. The summed E-state index contributed by atoms with van der Waals surface area (Å²) in [7, 11) is 3.14. The third-order valence-electron chi connectivity index (χ3n) is 6.35. The number of thiophene rings is 1. The molecule has 1 atom stereocenters. The van der Waals surface area contributed by atoms with Gasteiger partial charge in [-0.3, -0.25) is 19.0 Å². The first-order chi connectivity index (χ1) is 17.3. The Kier molecular flexibility index (Phi) is 6.02. The van der Waals surface area contributed by atoms with Gasteiger partial charge in [0.25, 0.3) is 5.56 Å². The van der Waals surface area contributed by atoms with Crippen molar-refractivity contribution in [1.29, 1.82) is 5.26 Å². The Labute approximate surface area is 213 Å². The van der Waals surface area contributed by atoms with Crippen LogP contribution in [0.5, 0.6) is 5.75 Å². The summed E-state index contributed by atoms with van der Waals surface area (Å²) in [6, 6.07) is 5.69. The number of nitriles is 1. The Morgan fingerprint density at radius 3 is 2.83 bits per heavy atom. The maximum absolute atomic E-state index is 14.1. The number of aryl methyl sites for hydroxylation is 2. The Morgan fingerprint density at radius 1 is 1.33 bits per heavy atom. The molecule has 0 amide bonds. The maximum Gasteiger partial charge on any atom is 0.332 e. The Bertz CT molecular complexity index is 1720. The number of aliphatic imine (C=N–C) groups is 1. The molecule has 0 spiro atoms. The quantitative estimate of drug-likeness (QED) is 0.394. The Morgan fingerprint density at radius 2 is 2.11 bits per heavy atom. The number of nitrogens with zero attached hydrogens (tertiary/aromatic N) is 6. The monoisotopic (exact) mass is 526 g/mol. The molecule has 4 aromatic rings. The molecule has 0 aliphatic carbocycles. The summed E-state index contributed by atoms with van der Waals surface area (Å²) >= 11 is 7.48. The van der Waals surface area contributed by atoms with E-state index in [2.05, 4.69) is 16.2 Å². The zero-order valence-corrected chi connectivity index (χ0v) is 21.2. The summed E-state index contributed by atoms with van der Waals surface area (Å²) in [4.78, 5) is 32.5. The number of fused-ring (bicyclic) bond motifs is 2. The van der Waals surface area contributed by atoms with E-state index in [0.29, 0.717) is 26.4 Å². The largest absolute Gasteiger partial charge is 0.494 e. The molecular formula is C24H20ClFN6O3S. The predicted molar refractivity (Wildman–Crippen MR) is 136 cm³/mol. The number of rotatable bonds is 5. The van der Waals surface area contributed by atoms with Gasteiger partial charge in [0.15, 0.2) is 11.6 Å². The normalized spacial score (nSPS) is 14.7. The minimum Gasteiger partial charge on any atom is -0.494 e. The molecule has 5 rings (SSSR count). The Hall–Kier alpha value is -3.75. The van der Waals surface area contributed by atoms with E-state index in [1.807, 2.05) is 6.92 Å². The molecule has 9 nitrogen and oxygen atoms in total. The van der Waals surface area contributed by atoms with Crippen molar-refractivity contribution in [2.45, 2.75) is 25.9 Å². The Balaban J connectivity index is 1.79. The summed E-state index contributed by atoms with van der Waals surface area (Å²) < 4.78 is 23.9. The van der Waals surface area contributed by atoms with E-state index in [4.69, 9.17) is 16.3 Å². The third-order valence-corrected chi connectivity index (χ3v) is 7.81. The van der Waals surface area contributed by atoms with Crippen molar-refractivity contribution in [3.8, 4) is 22.3 Å². The first-order valence-electron chi connectivity index (χ1n) is 11.0. The molecule has 0 saturated heterocycles. The van der Waals surface area contributed by atoms with Crippen LogP contribution in [0.25, 0.3) is 20.7 Å². The van der Waals surface area contributed by atoms with Gasteiger partial charge in [-0.05, 0) is 25.1 Å². The lowest BCUT2D eigenvalue weighted by Gasteiger charge is -2.22. The molecule has 3 aromatic heterocycles. The molecule has 0 fully saturated rings. The number of aromatic nitrogens is 4. The van der Waals surface area contributed by atoms with Crippen molar-refractivity contribution < 1.29 is 9.13 Å². The maximum atomic E-state index is 14.1. The molecule has 1 aliphatic rings. The lowest BCUT2D eigenvalue weighted by Crippen LogP contribution is -2.44. The number of hydrogen-bond acceptors (Lipinski definition) is 7. The van der Waals surface area contributed by atoms with E-state index >= 15 is 0 Å². The molecular weight excluding hydrogens is 507 g/mol. The average molecular weight is 527 g/mol. The predicted octanol–water partition coefficient (Wildman–Crippen LogP) is 3.67. The number of hydrogen-bond donors (Lipinski definition) is 0. The van der Waals surface area contributed by atoms with Crippen molar-refractivity contribution in [1.82, 2.24) is 18.9 Å². The second-order valence-corrected chi connectivity index (χ2v) is 9.79. The zero-order chi connectivity index (χ0) is 25.7. The van der Waals surface area contributed by atoms with E-state index in [9.17, 15) is 19.2 Å². The lowest BCUT2D eigenvalue weighted by molar-refractivity contribution is 0.387. The second kappa shape index (κ2) is 9.04. The van der Waals surface area contributed by atoms with Crippen LogP contribution in [-0.2, 0) is 13.6 Å². The van der Waals surface area contributed by atoms with Gasteiger partial charge in [0.2, 0.25) is 0 Å². The van der Waals surface area contributed by atoms with Gasteiger partial charge in [-0.25, -0.2) is 13.8 Å². The summed E-state index contributed by atoms with van der Waals surface area (Å²) in [6.07, 6.45) is 1.72. The van der Waals surface area contributed by atoms with Gasteiger partial charge in [0, 0.05) is 41.5 Å². The van der Waals surface area contributed by atoms with Crippen LogP contribution in [0.1, 0.15) is 29.4 Å². The van der Waals surface area contributed by atoms with Gasteiger partial charge < -0.3 is 4.74 Å². The fourth-order valence-corrected chi connectivity index (χ4v) is 5.96. The smallest absolute Gasteiger partial charge is 0.332 e. The van der Waals surface area contributed by atoms with Crippen LogP contribution >= 0.6 is 22.9 Å². The minimum atomic E-state index is -0.642. The van der Waals surface area contributed by atoms with E-state index < -0.39 is 23.1 Å². The molecule has 36 heavy (non-hydrogen) atoms. The van der Waals surface area contributed by atoms with Crippen LogP contribution in [0, 0.1) is 24.1 Å². The molecule has 1 aromatic carbocycles. The van der Waals surface area contributed by atoms with Gasteiger partial charge in [0.1, 0.15) is 10.4 Å². The van der Waals surface area contributed by atoms with Gasteiger partial charge in [-0.15, -0.1) is 11.3 Å². The molecule has 1 aliphatic heterocycles. The minimum absolute atomic E-state index is 0.00536. The first-order valence-corrected chi connectivity index (χ1v) is 12.2. The summed E-state index contributed by atoms with van der Waals surface area (Å²) in [5.41, 5.74) is 2.05. The number of halogens is 2. The molecule has 4 heterocycles. The molecule has 12 heteroatoms. The average Bonchev–Trinajstić information content (AvgIpc) is 3.41. The van der Waals surface area contributed by atoms with E-state index in [0.717, 1.165) is 28.7 Å². The second-order valence-electron chi connectivity index (χ2n) is 8.33. The fourth-order valence-electron chi connectivity index (χ4n) is 4.52. The van der Waals surface area contributed by atoms with E-state index in [1.165, 1.54) is 22.3 Å². The van der Waals surface area contributed by atoms with Crippen LogP contribution in [0.4, 0.5) is 4.39 Å². The molecule has 184 valence electrons. The van der Waals surface area contributed by atoms with E-state index in [-0.39, 0.29) is 30.3 Å². The summed E-state index contributed by atoms with van der Waals surface area (Å²) in [6.45, 7) is 2.18. The summed E-state index contributed by atoms with van der Waals surface area (Å²) in [5, 5.41) is 13.8. The number of benzene rings is 1. The van der Waals surface area contributed by atoms with Crippen molar-refractivity contribution in [2.24, 2.45) is 12.0 Å². The highest BCUT2D eigenvalue weighted by molar-refractivity contribution is 7.22. The highest BCUT2D eigenvalue weighted by Gasteiger charge is 2.30. The fraction of sp³-hybridized carbons (Fsp3) is 0.292.